The van der Waals surface area contributed by atoms with Gasteiger partial charge in [-0.25, -0.2) is 0 Å². The van der Waals surface area contributed by atoms with E-state index in [0.717, 1.165) is 51.9 Å². The van der Waals surface area contributed by atoms with Crippen LogP contribution >= 0.6 is 0 Å². The minimum absolute atomic E-state index is 0.0630. The van der Waals surface area contributed by atoms with Gasteiger partial charge in [-0.1, -0.05) is 6.07 Å². The molecule has 1 aromatic rings. The molecule has 1 aromatic carbocycles. The van der Waals surface area contributed by atoms with Crippen molar-refractivity contribution in [1.29, 1.82) is 0 Å². The summed E-state index contributed by atoms with van der Waals surface area (Å²) < 4.78 is 0. The summed E-state index contributed by atoms with van der Waals surface area (Å²) in [6.45, 7) is 3.35. The van der Waals surface area contributed by atoms with Gasteiger partial charge < -0.3 is 9.80 Å². The normalized spacial score (nSPS) is 19.1. The Bertz CT molecular complexity index is 499. The van der Waals surface area contributed by atoms with Crippen molar-refractivity contribution in [3.63, 3.8) is 0 Å². The molecule has 0 saturated carbocycles. The SMILES string of the molecule is O=C(c1cccc(C(=O)N2CCCCC2)c1)N1CCCCC1. The Hall–Kier alpha value is -1.84. The minimum atomic E-state index is 0.0630. The molecule has 2 aliphatic rings. The molecule has 0 N–H and O–H groups in total. The van der Waals surface area contributed by atoms with Crippen LogP contribution in [-0.2, 0) is 0 Å². The summed E-state index contributed by atoms with van der Waals surface area (Å²) in [5.41, 5.74) is 1.29. The van der Waals surface area contributed by atoms with Gasteiger partial charge in [-0.2, -0.15) is 0 Å². The number of carbonyl (C=O) groups is 2. The van der Waals surface area contributed by atoms with Crippen molar-refractivity contribution in [3.05, 3.63) is 35.4 Å². The van der Waals surface area contributed by atoms with Crippen LogP contribution in [0.2, 0.25) is 0 Å². The molecule has 2 aliphatic heterocycles. The Morgan fingerprint density at radius 1 is 0.682 bits per heavy atom. The first-order valence-corrected chi connectivity index (χ1v) is 8.44. The summed E-state index contributed by atoms with van der Waals surface area (Å²) in [7, 11) is 0. The van der Waals surface area contributed by atoms with Crippen molar-refractivity contribution in [2.24, 2.45) is 0 Å². The molecule has 0 unspecified atom stereocenters. The van der Waals surface area contributed by atoms with Gasteiger partial charge in [0.05, 0.1) is 0 Å². The quantitative estimate of drug-likeness (QED) is 0.842. The highest BCUT2D eigenvalue weighted by molar-refractivity contribution is 5.99. The average Bonchev–Trinajstić information content (AvgIpc) is 2.62. The molecule has 22 heavy (non-hydrogen) atoms. The predicted octanol–water partition coefficient (Wildman–Crippen LogP) is 2.94. The molecule has 0 aliphatic carbocycles. The summed E-state index contributed by atoms with van der Waals surface area (Å²) in [4.78, 5) is 28.9. The third-order valence-corrected chi connectivity index (χ3v) is 4.64. The summed E-state index contributed by atoms with van der Waals surface area (Å²) in [5, 5.41) is 0. The zero-order chi connectivity index (χ0) is 15.4. The number of piperidine rings is 2. The second kappa shape index (κ2) is 6.95. The third kappa shape index (κ3) is 3.32. The van der Waals surface area contributed by atoms with Gasteiger partial charge in [-0.05, 0) is 56.7 Å². The Morgan fingerprint density at radius 2 is 1.09 bits per heavy atom. The van der Waals surface area contributed by atoms with Crippen molar-refractivity contribution < 1.29 is 9.59 Å². The highest BCUT2D eigenvalue weighted by atomic mass is 16.2. The molecule has 0 atom stereocenters. The van der Waals surface area contributed by atoms with Gasteiger partial charge >= 0.3 is 0 Å². The Balaban J connectivity index is 1.73. The fourth-order valence-electron chi connectivity index (χ4n) is 3.34. The summed E-state index contributed by atoms with van der Waals surface area (Å²) in [5.74, 6) is 0.126. The molecule has 0 radical (unpaired) electrons. The van der Waals surface area contributed by atoms with Crippen molar-refractivity contribution >= 4 is 11.8 Å². The van der Waals surface area contributed by atoms with Crippen LogP contribution in [0.1, 0.15) is 59.2 Å². The Morgan fingerprint density at radius 3 is 1.50 bits per heavy atom. The lowest BCUT2D eigenvalue weighted by Gasteiger charge is -2.28. The van der Waals surface area contributed by atoms with Crippen LogP contribution < -0.4 is 0 Å². The molecule has 2 amide bonds. The number of nitrogens with zero attached hydrogens (tertiary/aromatic N) is 2. The first kappa shape index (κ1) is 15.1. The molecule has 2 saturated heterocycles. The minimum Gasteiger partial charge on any atom is -0.339 e. The first-order valence-electron chi connectivity index (χ1n) is 8.44. The summed E-state index contributed by atoms with van der Waals surface area (Å²) >= 11 is 0. The van der Waals surface area contributed by atoms with E-state index in [1.807, 2.05) is 28.0 Å². The lowest BCUT2D eigenvalue weighted by atomic mass is 10.0. The molecule has 4 nitrogen and oxygen atoms in total. The standard InChI is InChI=1S/C18H24N2O2/c21-17(19-10-3-1-4-11-19)15-8-7-9-16(14-15)18(22)20-12-5-2-6-13-20/h7-9,14H,1-6,10-13H2. The van der Waals surface area contributed by atoms with E-state index < -0.39 is 0 Å². The molecule has 0 spiro atoms. The predicted molar refractivity (Wildman–Crippen MR) is 86.0 cm³/mol. The van der Waals surface area contributed by atoms with E-state index in [2.05, 4.69) is 0 Å². The molecule has 2 heterocycles. The maximum Gasteiger partial charge on any atom is 0.253 e. The van der Waals surface area contributed by atoms with E-state index in [0.29, 0.717) is 11.1 Å². The zero-order valence-corrected chi connectivity index (χ0v) is 13.1. The molecular weight excluding hydrogens is 276 g/mol. The first-order chi connectivity index (χ1) is 10.8. The third-order valence-electron chi connectivity index (χ3n) is 4.64. The number of amides is 2. The monoisotopic (exact) mass is 300 g/mol. The summed E-state index contributed by atoms with van der Waals surface area (Å²) in [6, 6.07) is 7.25. The maximum atomic E-state index is 12.6. The van der Waals surface area contributed by atoms with Crippen LogP contribution in [0.4, 0.5) is 0 Å². The molecule has 0 bridgehead atoms. The van der Waals surface area contributed by atoms with Crippen LogP contribution in [0.3, 0.4) is 0 Å². The highest BCUT2D eigenvalue weighted by Crippen LogP contribution is 2.17. The average molecular weight is 300 g/mol. The van der Waals surface area contributed by atoms with E-state index in [-0.39, 0.29) is 11.8 Å². The fourth-order valence-corrected chi connectivity index (χ4v) is 3.34. The molecule has 118 valence electrons. The van der Waals surface area contributed by atoms with E-state index in [1.54, 1.807) is 6.07 Å². The van der Waals surface area contributed by atoms with Gasteiger partial charge in [-0.3, -0.25) is 9.59 Å². The second-order valence-corrected chi connectivity index (χ2v) is 6.29. The lowest BCUT2D eigenvalue weighted by Crippen LogP contribution is -2.37. The number of carbonyl (C=O) groups excluding carboxylic acids is 2. The van der Waals surface area contributed by atoms with Crippen LogP contribution in [-0.4, -0.2) is 47.8 Å². The Kier molecular flexibility index (Phi) is 4.76. The van der Waals surface area contributed by atoms with E-state index in [1.165, 1.54) is 12.8 Å². The number of likely N-dealkylation sites (tertiary alicyclic amines) is 2. The zero-order valence-electron chi connectivity index (χ0n) is 13.1. The highest BCUT2D eigenvalue weighted by Gasteiger charge is 2.21. The Labute approximate surface area is 132 Å². The van der Waals surface area contributed by atoms with Crippen molar-refractivity contribution in [3.8, 4) is 0 Å². The van der Waals surface area contributed by atoms with Crippen LogP contribution in [0.25, 0.3) is 0 Å². The molecule has 3 rings (SSSR count). The summed E-state index contributed by atoms with van der Waals surface area (Å²) in [6.07, 6.45) is 6.74. The van der Waals surface area contributed by atoms with Gasteiger partial charge in [0, 0.05) is 37.3 Å². The largest absolute Gasteiger partial charge is 0.339 e. The number of hydrogen-bond acceptors (Lipinski definition) is 2. The van der Waals surface area contributed by atoms with Gasteiger partial charge in [0.15, 0.2) is 0 Å². The number of hydrogen-bond donors (Lipinski definition) is 0. The van der Waals surface area contributed by atoms with Gasteiger partial charge in [0.1, 0.15) is 0 Å². The van der Waals surface area contributed by atoms with E-state index >= 15 is 0 Å². The van der Waals surface area contributed by atoms with Crippen molar-refractivity contribution in [2.45, 2.75) is 38.5 Å². The lowest BCUT2D eigenvalue weighted by molar-refractivity contribution is 0.0722. The number of benzene rings is 1. The van der Waals surface area contributed by atoms with Crippen LogP contribution in [0.5, 0.6) is 0 Å². The van der Waals surface area contributed by atoms with Gasteiger partial charge in [-0.15, -0.1) is 0 Å². The fraction of sp³-hybridized carbons (Fsp3) is 0.556. The van der Waals surface area contributed by atoms with Crippen LogP contribution in [0, 0.1) is 0 Å². The molecule has 4 heteroatoms. The molecule has 0 aromatic heterocycles. The number of rotatable bonds is 2. The van der Waals surface area contributed by atoms with Crippen molar-refractivity contribution in [1.82, 2.24) is 9.80 Å². The maximum absolute atomic E-state index is 12.6. The molecule has 2 fully saturated rings. The smallest absolute Gasteiger partial charge is 0.253 e. The topological polar surface area (TPSA) is 40.6 Å². The van der Waals surface area contributed by atoms with Crippen LogP contribution in [0.15, 0.2) is 24.3 Å². The van der Waals surface area contributed by atoms with E-state index in [4.69, 9.17) is 0 Å². The molecular formula is C18H24N2O2. The second-order valence-electron chi connectivity index (χ2n) is 6.29. The van der Waals surface area contributed by atoms with Gasteiger partial charge in [0.2, 0.25) is 0 Å². The van der Waals surface area contributed by atoms with Gasteiger partial charge in [0.25, 0.3) is 11.8 Å². The van der Waals surface area contributed by atoms with Crippen molar-refractivity contribution in [2.75, 3.05) is 26.2 Å². The van der Waals surface area contributed by atoms with E-state index in [9.17, 15) is 9.59 Å².